The van der Waals surface area contributed by atoms with Crippen LogP contribution in [0.25, 0.3) is 0 Å². The van der Waals surface area contributed by atoms with Gasteiger partial charge in [-0.1, -0.05) is 13.8 Å². The molecule has 0 aromatic rings. The van der Waals surface area contributed by atoms with E-state index in [1.165, 1.54) is 6.26 Å². The molecule has 0 spiro atoms. The summed E-state index contributed by atoms with van der Waals surface area (Å²) in [6.45, 7) is 7.76. The Morgan fingerprint density at radius 2 is 2.00 bits per heavy atom. The second-order valence-electron chi connectivity index (χ2n) is 3.28. The molecule has 0 N–H and O–H groups in total. The number of carbonyl (C=O) groups excluding carboxylic acids is 1. The maximum atomic E-state index is 10.9. The Bertz CT molecular complexity index is 153. The molecule has 0 aromatic heterocycles. The fourth-order valence-electron chi connectivity index (χ4n) is 0.565. The summed E-state index contributed by atoms with van der Waals surface area (Å²) in [6, 6.07) is 0. The third kappa shape index (κ3) is 7.10. The van der Waals surface area contributed by atoms with E-state index in [2.05, 4.69) is 0 Å². The van der Waals surface area contributed by atoms with Crippen molar-refractivity contribution >= 4 is 5.97 Å². The highest BCUT2D eigenvalue weighted by Gasteiger charge is 2.03. The Morgan fingerprint density at radius 1 is 1.45 bits per heavy atom. The Kier molecular flexibility index (Phi) is 4.59. The normalized spacial score (nSPS) is 9.55. The van der Waals surface area contributed by atoms with Crippen molar-refractivity contribution in [3.8, 4) is 0 Å². The van der Waals surface area contributed by atoms with Crippen LogP contribution < -0.4 is 0 Å². The Labute approximate surface area is 68.2 Å². The predicted molar refractivity (Wildman–Crippen MR) is 45.0 cm³/mol. The monoisotopic (exact) mass is 156 g/mol. The van der Waals surface area contributed by atoms with Gasteiger partial charge in [0, 0.05) is 6.42 Å². The van der Waals surface area contributed by atoms with E-state index in [4.69, 9.17) is 4.74 Å². The molecule has 64 valence electrons. The minimum absolute atomic E-state index is 0.152. The van der Waals surface area contributed by atoms with Crippen molar-refractivity contribution in [3.63, 3.8) is 0 Å². The van der Waals surface area contributed by atoms with Gasteiger partial charge in [-0.15, -0.1) is 0 Å². The van der Waals surface area contributed by atoms with Gasteiger partial charge in [0.25, 0.3) is 0 Å². The van der Waals surface area contributed by atoms with Crippen molar-refractivity contribution in [1.82, 2.24) is 0 Å². The Balaban J connectivity index is 3.62. The lowest BCUT2D eigenvalue weighted by Gasteiger charge is -2.01. The molecular weight excluding hydrogens is 140 g/mol. The van der Waals surface area contributed by atoms with Gasteiger partial charge in [0.1, 0.15) is 0 Å². The molecular formula is C9H16O2. The van der Waals surface area contributed by atoms with Gasteiger partial charge in [-0.3, -0.25) is 4.79 Å². The maximum absolute atomic E-state index is 10.9. The molecule has 11 heavy (non-hydrogen) atoms. The van der Waals surface area contributed by atoms with E-state index in [-0.39, 0.29) is 5.97 Å². The molecule has 0 rings (SSSR count). The van der Waals surface area contributed by atoms with Crippen molar-refractivity contribution < 1.29 is 9.53 Å². The number of rotatable bonds is 3. The molecule has 0 atom stereocenters. The van der Waals surface area contributed by atoms with Crippen LogP contribution in [0.15, 0.2) is 11.8 Å². The smallest absolute Gasteiger partial charge is 0.310 e. The standard InChI is InChI=1S/C9H16O2/c1-7(2)5-9(10)11-6-8(3)4/h6-7H,5H2,1-4H3. The van der Waals surface area contributed by atoms with Gasteiger partial charge >= 0.3 is 5.97 Å². The first-order chi connectivity index (χ1) is 5.02. The van der Waals surface area contributed by atoms with Crippen LogP contribution >= 0.6 is 0 Å². The van der Waals surface area contributed by atoms with E-state index < -0.39 is 0 Å². The van der Waals surface area contributed by atoms with Crippen molar-refractivity contribution in [2.24, 2.45) is 5.92 Å². The van der Waals surface area contributed by atoms with E-state index in [1.54, 1.807) is 0 Å². The van der Waals surface area contributed by atoms with E-state index in [0.29, 0.717) is 12.3 Å². The van der Waals surface area contributed by atoms with Crippen LogP contribution in [-0.4, -0.2) is 5.97 Å². The number of allylic oxidation sites excluding steroid dienone is 1. The molecule has 0 aliphatic heterocycles. The predicted octanol–water partition coefficient (Wildman–Crippen LogP) is 2.50. The number of carbonyl (C=O) groups is 1. The number of esters is 1. The second kappa shape index (κ2) is 4.94. The summed E-state index contributed by atoms with van der Waals surface area (Å²) in [5.74, 6) is 0.217. The number of ether oxygens (including phenoxy) is 1. The molecule has 0 aromatic carbocycles. The third-order valence-electron chi connectivity index (χ3n) is 1.00. The minimum Gasteiger partial charge on any atom is -0.435 e. The summed E-state index contributed by atoms with van der Waals surface area (Å²) < 4.78 is 4.81. The summed E-state index contributed by atoms with van der Waals surface area (Å²) in [6.07, 6.45) is 1.98. The van der Waals surface area contributed by atoms with Crippen molar-refractivity contribution in [2.45, 2.75) is 34.1 Å². The zero-order valence-electron chi connectivity index (χ0n) is 7.68. The highest BCUT2D eigenvalue weighted by Crippen LogP contribution is 2.01. The van der Waals surface area contributed by atoms with Crippen LogP contribution in [0.3, 0.4) is 0 Å². The molecule has 0 bridgehead atoms. The largest absolute Gasteiger partial charge is 0.435 e. The van der Waals surface area contributed by atoms with Gasteiger partial charge in [-0.2, -0.15) is 0 Å². The maximum Gasteiger partial charge on any atom is 0.310 e. The Morgan fingerprint density at radius 3 is 2.36 bits per heavy atom. The molecule has 0 unspecified atom stereocenters. The summed E-state index contributed by atoms with van der Waals surface area (Å²) >= 11 is 0. The Hall–Kier alpha value is -0.790. The van der Waals surface area contributed by atoms with Crippen LogP contribution in [0.1, 0.15) is 34.1 Å². The molecule has 2 nitrogen and oxygen atoms in total. The molecule has 0 saturated carbocycles. The van der Waals surface area contributed by atoms with Crippen LogP contribution in [0.4, 0.5) is 0 Å². The van der Waals surface area contributed by atoms with Gasteiger partial charge in [0.2, 0.25) is 0 Å². The minimum atomic E-state index is -0.152. The topological polar surface area (TPSA) is 26.3 Å². The first-order valence-corrected chi connectivity index (χ1v) is 3.85. The van der Waals surface area contributed by atoms with E-state index in [0.717, 1.165) is 5.57 Å². The second-order valence-corrected chi connectivity index (χ2v) is 3.28. The fraction of sp³-hybridized carbons (Fsp3) is 0.667. The summed E-state index contributed by atoms with van der Waals surface area (Å²) in [5.41, 5.74) is 1.00. The average molecular weight is 156 g/mol. The first-order valence-electron chi connectivity index (χ1n) is 3.85. The van der Waals surface area contributed by atoms with Gasteiger partial charge < -0.3 is 4.74 Å². The van der Waals surface area contributed by atoms with Crippen LogP contribution in [0.5, 0.6) is 0 Å². The molecule has 0 heterocycles. The third-order valence-corrected chi connectivity index (χ3v) is 1.00. The summed E-state index contributed by atoms with van der Waals surface area (Å²) in [5, 5.41) is 0. The molecule has 0 aliphatic carbocycles. The van der Waals surface area contributed by atoms with Crippen molar-refractivity contribution in [3.05, 3.63) is 11.8 Å². The average Bonchev–Trinajstić information content (AvgIpc) is 1.82. The highest BCUT2D eigenvalue weighted by atomic mass is 16.5. The van der Waals surface area contributed by atoms with Crippen LogP contribution in [0, 0.1) is 5.92 Å². The van der Waals surface area contributed by atoms with Gasteiger partial charge in [-0.25, -0.2) is 0 Å². The SMILES string of the molecule is CC(C)=COC(=O)CC(C)C. The lowest BCUT2D eigenvalue weighted by atomic mass is 10.1. The summed E-state index contributed by atoms with van der Waals surface area (Å²) in [4.78, 5) is 10.9. The zero-order chi connectivity index (χ0) is 8.85. The van der Waals surface area contributed by atoms with Crippen LogP contribution in [0.2, 0.25) is 0 Å². The zero-order valence-corrected chi connectivity index (χ0v) is 7.68. The van der Waals surface area contributed by atoms with Crippen molar-refractivity contribution in [1.29, 1.82) is 0 Å². The quantitative estimate of drug-likeness (QED) is 0.463. The fourth-order valence-corrected chi connectivity index (χ4v) is 0.565. The molecule has 0 aliphatic rings. The van der Waals surface area contributed by atoms with E-state index >= 15 is 0 Å². The molecule has 0 saturated heterocycles. The first kappa shape index (κ1) is 10.2. The van der Waals surface area contributed by atoms with Gasteiger partial charge in [0.15, 0.2) is 0 Å². The molecule has 0 radical (unpaired) electrons. The van der Waals surface area contributed by atoms with Crippen molar-refractivity contribution in [2.75, 3.05) is 0 Å². The molecule has 0 amide bonds. The molecule has 0 fully saturated rings. The lowest BCUT2D eigenvalue weighted by Crippen LogP contribution is -2.03. The highest BCUT2D eigenvalue weighted by molar-refractivity contribution is 5.70. The van der Waals surface area contributed by atoms with Gasteiger partial charge in [-0.05, 0) is 25.3 Å². The number of hydrogen-bond acceptors (Lipinski definition) is 2. The van der Waals surface area contributed by atoms with Gasteiger partial charge in [0.05, 0.1) is 6.26 Å². The summed E-state index contributed by atoms with van der Waals surface area (Å²) in [7, 11) is 0. The number of hydrogen-bond donors (Lipinski definition) is 0. The van der Waals surface area contributed by atoms with E-state index in [9.17, 15) is 4.79 Å². The lowest BCUT2D eigenvalue weighted by molar-refractivity contribution is -0.138. The van der Waals surface area contributed by atoms with E-state index in [1.807, 2.05) is 27.7 Å². The van der Waals surface area contributed by atoms with Crippen LogP contribution in [-0.2, 0) is 9.53 Å². The molecule has 2 heteroatoms.